The Hall–Kier alpha value is -5.84. The van der Waals surface area contributed by atoms with Crippen molar-refractivity contribution in [3.8, 4) is 28.1 Å². The summed E-state index contributed by atoms with van der Waals surface area (Å²) in [5.74, 6) is -2.70. The molecule has 16 heteroatoms. The third kappa shape index (κ3) is 9.86. The Labute approximate surface area is 430 Å². The van der Waals surface area contributed by atoms with E-state index in [9.17, 15) is 24.3 Å². The lowest BCUT2D eigenvalue weighted by Gasteiger charge is -2.46. The molecule has 3 fully saturated rings. The van der Waals surface area contributed by atoms with Gasteiger partial charge < -0.3 is 39.2 Å². The zero-order valence-electron chi connectivity index (χ0n) is 44.3. The van der Waals surface area contributed by atoms with Gasteiger partial charge in [-0.1, -0.05) is 52.7 Å². The van der Waals surface area contributed by atoms with Crippen LogP contribution in [0.5, 0.6) is 5.75 Å². The van der Waals surface area contributed by atoms with Crippen molar-refractivity contribution >= 4 is 40.5 Å². The number of amides is 4. The summed E-state index contributed by atoms with van der Waals surface area (Å²) in [7, 11) is 7.28. The number of hydrogen-bond donors (Lipinski definition) is 3. The molecule has 73 heavy (non-hydrogen) atoms. The molecule has 0 radical (unpaired) electrons. The van der Waals surface area contributed by atoms with Gasteiger partial charge in [0.05, 0.1) is 23.9 Å². The van der Waals surface area contributed by atoms with Crippen LogP contribution in [0.2, 0.25) is 0 Å². The number of likely N-dealkylation sites (N-methyl/N-ethyl adjacent to an activating group) is 1. The second kappa shape index (κ2) is 20.8. The summed E-state index contributed by atoms with van der Waals surface area (Å²) in [4.78, 5) is 82.6. The normalized spacial score (nSPS) is 23.9. The maximum absolute atomic E-state index is 15.3. The lowest BCUT2D eigenvalue weighted by atomic mass is 9.67. The first-order valence-electron chi connectivity index (χ1n) is 26.6. The highest BCUT2D eigenvalue weighted by molar-refractivity contribution is 5.97. The zero-order valence-corrected chi connectivity index (χ0v) is 44.3. The minimum atomic E-state index is -1.17. The van der Waals surface area contributed by atoms with Crippen LogP contribution in [0.3, 0.4) is 0 Å². The number of phenolic OH excluding ortho intramolecular Hbond substituents is 1. The Balaban J connectivity index is 1.10. The van der Waals surface area contributed by atoms with Crippen molar-refractivity contribution in [3.05, 3.63) is 71.5 Å². The van der Waals surface area contributed by atoms with Gasteiger partial charge >= 0.3 is 5.97 Å². The molecule has 2 saturated heterocycles. The molecular formula is C57H76N8O8. The van der Waals surface area contributed by atoms with E-state index in [1.54, 1.807) is 37.4 Å². The third-order valence-electron chi connectivity index (χ3n) is 16.8. The smallest absolute Gasteiger partial charge is 0.325 e. The van der Waals surface area contributed by atoms with E-state index >= 15 is 4.79 Å². The molecule has 2 aromatic heterocycles. The summed E-state index contributed by atoms with van der Waals surface area (Å²) >= 11 is 0. The maximum atomic E-state index is 15.3. The molecule has 16 nitrogen and oxygen atoms in total. The van der Waals surface area contributed by atoms with Crippen LogP contribution in [-0.4, -0.2) is 143 Å². The van der Waals surface area contributed by atoms with E-state index in [0.717, 1.165) is 83.2 Å². The van der Waals surface area contributed by atoms with E-state index in [2.05, 4.69) is 54.3 Å². The lowest BCUT2D eigenvalue weighted by molar-refractivity contribution is -0.164. The molecule has 1 unspecified atom stereocenters. The van der Waals surface area contributed by atoms with Gasteiger partial charge in [0, 0.05) is 87.2 Å². The minimum absolute atomic E-state index is 0.000174. The number of hydrogen-bond acceptors (Lipinski definition) is 11. The predicted molar refractivity (Wildman–Crippen MR) is 279 cm³/mol. The number of carbonyl (C=O) groups is 5. The molecule has 9 rings (SSSR count). The Morgan fingerprint density at radius 3 is 2.49 bits per heavy atom. The molecule has 5 aliphatic rings. The van der Waals surface area contributed by atoms with Crippen LogP contribution in [0, 0.1) is 22.7 Å². The van der Waals surface area contributed by atoms with Gasteiger partial charge in [0.2, 0.25) is 17.7 Å². The Morgan fingerprint density at radius 2 is 1.78 bits per heavy atom. The number of esters is 1. The van der Waals surface area contributed by atoms with Crippen LogP contribution < -0.4 is 10.7 Å². The third-order valence-corrected chi connectivity index (χ3v) is 16.8. The Kier molecular flexibility index (Phi) is 14.8. The SMILES string of the molecule is CCn1c2c3c4cc(ccc41)-c1cc(O)cc(c1)C[C@H](NC(=O)[C@H](C(C)C)N(C)C(=O)[C@H]1CCN(C(=O)CCCN(C)C)C1)C(=O)N1CCC4(CCCC4)[C@H](N1)C(=O)OCC(C)(C)C3[C@H](OC)c1ncccc1-2. The van der Waals surface area contributed by atoms with Gasteiger partial charge in [-0.3, -0.25) is 34.0 Å². The topological polar surface area (TPSA) is 179 Å². The van der Waals surface area contributed by atoms with E-state index in [0.29, 0.717) is 51.0 Å². The fourth-order valence-corrected chi connectivity index (χ4v) is 13.1. The fraction of sp³-hybridized carbons (Fsp3) is 0.579. The first-order chi connectivity index (χ1) is 34.9. The molecule has 392 valence electrons. The molecule has 6 atom stereocenters. The summed E-state index contributed by atoms with van der Waals surface area (Å²) in [5, 5.41) is 17.1. The van der Waals surface area contributed by atoms with Crippen LogP contribution in [0.15, 0.2) is 54.7 Å². The average Bonchev–Trinajstić information content (AvgIpc) is 4.13. The van der Waals surface area contributed by atoms with Crippen molar-refractivity contribution in [2.75, 3.05) is 61.0 Å². The number of cyclic esters (lactones) is 1. The number of carbonyl (C=O) groups excluding carboxylic acids is 5. The number of nitrogens with one attached hydrogen (secondary N) is 2. The lowest BCUT2D eigenvalue weighted by Crippen LogP contribution is -2.66. The van der Waals surface area contributed by atoms with Crippen molar-refractivity contribution in [2.24, 2.45) is 22.7 Å². The van der Waals surface area contributed by atoms with Crippen molar-refractivity contribution in [3.63, 3.8) is 0 Å². The van der Waals surface area contributed by atoms with Crippen LogP contribution in [0.25, 0.3) is 33.3 Å². The first-order valence-corrected chi connectivity index (χ1v) is 26.6. The highest BCUT2D eigenvalue weighted by atomic mass is 16.5. The maximum Gasteiger partial charge on any atom is 0.325 e. The zero-order chi connectivity index (χ0) is 52.1. The van der Waals surface area contributed by atoms with Crippen LogP contribution >= 0.6 is 0 Å². The van der Waals surface area contributed by atoms with Gasteiger partial charge in [0.15, 0.2) is 0 Å². The van der Waals surface area contributed by atoms with Gasteiger partial charge in [-0.2, -0.15) is 0 Å². The quantitative estimate of drug-likeness (QED) is 0.134. The van der Waals surface area contributed by atoms with Crippen molar-refractivity contribution in [1.82, 2.24) is 40.0 Å². The number of likely N-dealkylation sites (tertiary alicyclic amines) is 1. The van der Waals surface area contributed by atoms with Gasteiger partial charge in [0.25, 0.3) is 5.91 Å². The second-order valence-corrected chi connectivity index (χ2v) is 22.8. The Morgan fingerprint density at radius 1 is 1.01 bits per heavy atom. The summed E-state index contributed by atoms with van der Waals surface area (Å²) in [5.41, 5.74) is 9.38. The van der Waals surface area contributed by atoms with E-state index in [1.807, 2.05) is 51.0 Å². The van der Waals surface area contributed by atoms with Crippen LogP contribution in [-0.2, 0) is 46.4 Å². The Bertz CT molecular complexity index is 2760. The summed E-state index contributed by atoms with van der Waals surface area (Å²) in [6.45, 7) is 12.7. The van der Waals surface area contributed by atoms with Crippen LogP contribution in [0.1, 0.15) is 115 Å². The molecule has 3 N–H and O–H groups in total. The molecule has 1 saturated carbocycles. The molecule has 5 heterocycles. The number of hydrazine groups is 1. The van der Waals surface area contributed by atoms with Gasteiger partial charge in [0.1, 0.15) is 30.0 Å². The number of phenols is 1. The standard InChI is InChI=1S/C57H76N8O8/c1-10-64-43-18-17-36-31-41(43)45-46(50(72-9)47-40(49(45)64)15-13-23-58-47)56(4,5)33-73-55(71)51-57(20-11-12-21-57)22-26-65(60-51)54(70)42(29-35-27-38(36)30-39(66)28-35)59-52(68)48(34(2)3)62(8)53(69)37-19-25-63(32-37)44(67)16-14-24-61(6)7/h13,15,17-18,23,27-28,30-31,34,37,42,46,48,50-51,60,66H,10-12,14,16,19-22,24-26,29,32-33H2,1-9H3,(H,59,68)/t37-,42-,46?,48-,50-,51+/m0/s1. The number of fused-ring (bicyclic) bond motifs is 9. The molecule has 1 spiro atoms. The molecule has 3 aliphatic heterocycles. The number of aryl methyl sites for hydroxylation is 1. The molecular weight excluding hydrogens is 925 g/mol. The number of pyridine rings is 1. The monoisotopic (exact) mass is 1000 g/mol. The summed E-state index contributed by atoms with van der Waals surface area (Å²) < 4.78 is 15.3. The van der Waals surface area contributed by atoms with Crippen LogP contribution in [0.4, 0.5) is 0 Å². The number of aromatic nitrogens is 2. The minimum Gasteiger partial charge on any atom is -0.508 e. The molecule has 6 bridgehead atoms. The van der Waals surface area contributed by atoms with Crippen molar-refractivity contribution < 1.29 is 38.6 Å². The highest BCUT2D eigenvalue weighted by Gasteiger charge is 2.52. The van der Waals surface area contributed by atoms with E-state index < -0.39 is 58.8 Å². The average molecular weight is 1000 g/mol. The first kappa shape index (κ1) is 52.0. The van der Waals surface area contributed by atoms with Gasteiger partial charge in [-0.05, 0) is 130 Å². The fourth-order valence-electron chi connectivity index (χ4n) is 13.1. The number of nitrogens with zero attached hydrogens (tertiary/aromatic N) is 6. The summed E-state index contributed by atoms with van der Waals surface area (Å²) in [6.07, 6.45) is 7.03. The van der Waals surface area contributed by atoms with E-state index in [-0.39, 0.29) is 42.4 Å². The molecule has 2 aromatic carbocycles. The molecule has 4 amide bonds. The predicted octanol–water partition coefficient (Wildman–Crippen LogP) is 6.83. The van der Waals surface area contributed by atoms with Crippen molar-refractivity contribution in [1.29, 1.82) is 0 Å². The summed E-state index contributed by atoms with van der Waals surface area (Å²) in [6, 6.07) is 12.7. The van der Waals surface area contributed by atoms with E-state index in [4.69, 9.17) is 14.5 Å². The second-order valence-electron chi connectivity index (χ2n) is 22.8. The number of rotatable bonds is 11. The molecule has 2 aliphatic carbocycles. The van der Waals surface area contributed by atoms with Crippen molar-refractivity contribution in [2.45, 2.75) is 129 Å². The number of ether oxygens (including phenoxy) is 2. The number of benzene rings is 2. The molecule has 4 aromatic rings. The highest BCUT2D eigenvalue weighted by Crippen LogP contribution is 2.57. The largest absolute Gasteiger partial charge is 0.508 e. The van der Waals surface area contributed by atoms with Gasteiger partial charge in [-0.15, -0.1) is 0 Å². The number of aromatic hydroxyl groups is 1. The van der Waals surface area contributed by atoms with E-state index in [1.165, 1.54) is 9.91 Å². The number of methoxy groups -OCH3 is 1. The van der Waals surface area contributed by atoms with Gasteiger partial charge in [-0.25, -0.2) is 5.43 Å².